The van der Waals surface area contributed by atoms with E-state index in [1.54, 1.807) is 6.33 Å². The molecule has 50 valence electrons. The van der Waals surface area contributed by atoms with E-state index >= 15 is 0 Å². The van der Waals surface area contributed by atoms with Crippen LogP contribution in [-0.2, 0) is 0 Å². The van der Waals surface area contributed by atoms with Crippen molar-refractivity contribution in [3.63, 3.8) is 0 Å². The van der Waals surface area contributed by atoms with Crippen LogP contribution in [0.3, 0.4) is 0 Å². The zero-order valence-electron chi connectivity index (χ0n) is 5.48. The summed E-state index contributed by atoms with van der Waals surface area (Å²) in [4.78, 5) is 7.16. The molecule has 0 unspecified atom stereocenters. The number of imidazole rings is 1. The molecule has 0 spiro atoms. The molecule has 1 rings (SSSR count). The number of H-pyrrole nitrogens is 1. The maximum Gasteiger partial charge on any atom is 0.122 e. The Labute approximate surface area is 68.2 Å². The molecule has 0 saturated carbocycles. The molecule has 1 heterocycles. The fraction of sp³-hybridized carbons (Fsp3) is 0.500. The van der Waals surface area contributed by atoms with Crippen LogP contribution in [0.4, 0.5) is 0 Å². The molecular weight excluding hydrogens is 227 g/mol. The summed E-state index contributed by atoms with van der Waals surface area (Å²) in [7, 11) is 0. The first kappa shape index (κ1) is 7.05. The number of hydrogen-bond donors (Lipinski definition) is 1. The molecule has 0 radical (unpaired) electrons. The molecule has 1 N–H and O–H groups in total. The second kappa shape index (κ2) is 2.68. The molecule has 0 amide bonds. The molecule has 0 aromatic carbocycles. The zero-order valence-corrected chi connectivity index (χ0v) is 7.64. The maximum absolute atomic E-state index is 4.07. The van der Waals surface area contributed by atoms with Gasteiger partial charge in [0, 0.05) is 0 Å². The fourth-order valence-corrected chi connectivity index (χ4v) is 1.61. The van der Waals surface area contributed by atoms with E-state index < -0.39 is 0 Å². The molecule has 1 aromatic rings. The lowest BCUT2D eigenvalue weighted by Gasteiger charge is -1.98. The molecule has 0 aliphatic carbocycles. The smallest absolute Gasteiger partial charge is 0.122 e. The van der Waals surface area contributed by atoms with Gasteiger partial charge in [-0.1, -0.05) is 13.8 Å². The van der Waals surface area contributed by atoms with E-state index in [0.29, 0.717) is 5.92 Å². The molecule has 0 bridgehead atoms. The predicted molar refractivity (Wildman–Crippen MR) is 45.4 cm³/mol. The number of hydrogen-bond acceptors (Lipinski definition) is 1. The first-order valence-electron chi connectivity index (χ1n) is 2.90. The summed E-state index contributed by atoms with van der Waals surface area (Å²) in [5, 5.41) is 0. The minimum absolute atomic E-state index is 0.555. The van der Waals surface area contributed by atoms with Crippen molar-refractivity contribution in [2.24, 2.45) is 0 Å². The van der Waals surface area contributed by atoms with Gasteiger partial charge in [-0.2, -0.15) is 0 Å². The van der Waals surface area contributed by atoms with Crippen LogP contribution < -0.4 is 0 Å². The highest BCUT2D eigenvalue weighted by Crippen LogP contribution is 2.15. The topological polar surface area (TPSA) is 28.7 Å². The summed E-state index contributed by atoms with van der Waals surface area (Å²) >= 11 is 2.23. The lowest BCUT2D eigenvalue weighted by Crippen LogP contribution is -1.89. The van der Waals surface area contributed by atoms with E-state index in [1.807, 2.05) is 0 Å². The van der Waals surface area contributed by atoms with Crippen molar-refractivity contribution in [2.75, 3.05) is 0 Å². The van der Waals surface area contributed by atoms with Crippen LogP contribution in [0.5, 0.6) is 0 Å². The van der Waals surface area contributed by atoms with E-state index in [0.717, 1.165) is 3.70 Å². The SMILES string of the molecule is CC(C)c1[nH]cnc1I. The Kier molecular flexibility index (Phi) is 2.10. The van der Waals surface area contributed by atoms with Gasteiger partial charge in [-0.05, 0) is 28.5 Å². The van der Waals surface area contributed by atoms with Crippen molar-refractivity contribution in [1.29, 1.82) is 0 Å². The zero-order chi connectivity index (χ0) is 6.85. The van der Waals surface area contributed by atoms with E-state index in [9.17, 15) is 0 Å². The van der Waals surface area contributed by atoms with Crippen LogP contribution in [0.25, 0.3) is 0 Å². The number of aromatic amines is 1. The van der Waals surface area contributed by atoms with Crippen LogP contribution in [0.15, 0.2) is 6.33 Å². The van der Waals surface area contributed by atoms with Crippen LogP contribution in [0.1, 0.15) is 25.5 Å². The summed E-state index contributed by atoms with van der Waals surface area (Å²) in [6, 6.07) is 0. The van der Waals surface area contributed by atoms with Gasteiger partial charge in [0.1, 0.15) is 3.70 Å². The Morgan fingerprint density at radius 2 is 2.33 bits per heavy atom. The lowest BCUT2D eigenvalue weighted by molar-refractivity contribution is 0.826. The number of aromatic nitrogens is 2. The monoisotopic (exact) mass is 236 g/mol. The largest absolute Gasteiger partial charge is 0.347 e. The van der Waals surface area contributed by atoms with Gasteiger partial charge in [-0.3, -0.25) is 0 Å². The normalized spacial score (nSPS) is 10.7. The average molecular weight is 236 g/mol. The molecule has 9 heavy (non-hydrogen) atoms. The van der Waals surface area contributed by atoms with Gasteiger partial charge < -0.3 is 4.98 Å². The van der Waals surface area contributed by atoms with Crippen molar-refractivity contribution in [2.45, 2.75) is 19.8 Å². The third-order valence-electron chi connectivity index (χ3n) is 1.20. The van der Waals surface area contributed by atoms with Crippen LogP contribution >= 0.6 is 22.6 Å². The highest BCUT2D eigenvalue weighted by atomic mass is 127. The van der Waals surface area contributed by atoms with Crippen molar-refractivity contribution in [1.82, 2.24) is 9.97 Å². The Morgan fingerprint density at radius 3 is 2.56 bits per heavy atom. The van der Waals surface area contributed by atoms with E-state index in [4.69, 9.17) is 0 Å². The van der Waals surface area contributed by atoms with Crippen LogP contribution in [0, 0.1) is 3.70 Å². The third kappa shape index (κ3) is 1.44. The lowest BCUT2D eigenvalue weighted by atomic mass is 10.2. The van der Waals surface area contributed by atoms with Gasteiger partial charge in [-0.15, -0.1) is 0 Å². The van der Waals surface area contributed by atoms with Gasteiger partial charge in [0.25, 0.3) is 0 Å². The van der Waals surface area contributed by atoms with Gasteiger partial charge in [0.2, 0.25) is 0 Å². The summed E-state index contributed by atoms with van der Waals surface area (Å²) in [6.45, 7) is 4.30. The molecule has 1 aromatic heterocycles. The quantitative estimate of drug-likeness (QED) is 0.743. The molecule has 0 aliphatic rings. The van der Waals surface area contributed by atoms with Gasteiger partial charge >= 0.3 is 0 Å². The summed E-state index contributed by atoms with van der Waals surface area (Å²) in [5.41, 5.74) is 1.23. The van der Waals surface area contributed by atoms with Crippen LogP contribution in [0.2, 0.25) is 0 Å². The van der Waals surface area contributed by atoms with E-state index in [2.05, 4.69) is 46.4 Å². The van der Waals surface area contributed by atoms with Gasteiger partial charge in [0.05, 0.1) is 12.0 Å². The molecule has 0 saturated heterocycles. The first-order chi connectivity index (χ1) is 4.22. The second-order valence-corrected chi connectivity index (χ2v) is 3.28. The van der Waals surface area contributed by atoms with Crippen LogP contribution in [-0.4, -0.2) is 9.97 Å². The molecule has 0 atom stereocenters. The molecule has 0 fully saturated rings. The second-order valence-electron chi connectivity index (χ2n) is 2.26. The van der Waals surface area contributed by atoms with Gasteiger partial charge in [0.15, 0.2) is 0 Å². The Bertz CT molecular complexity index is 193. The highest BCUT2D eigenvalue weighted by molar-refractivity contribution is 14.1. The number of halogens is 1. The minimum Gasteiger partial charge on any atom is -0.347 e. The van der Waals surface area contributed by atoms with E-state index in [1.165, 1.54) is 5.69 Å². The summed E-state index contributed by atoms with van der Waals surface area (Å²) in [5.74, 6) is 0.555. The van der Waals surface area contributed by atoms with Crippen molar-refractivity contribution >= 4 is 22.6 Å². The average Bonchev–Trinajstić information content (AvgIpc) is 2.13. The van der Waals surface area contributed by atoms with Crippen molar-refractivity contribution < 1.29 is 0 Å². The fourth-order valence-electron chi connectivity index (χ4n) is 0.692. The van der Waals surface area contributed by atoms with Crippen molar-refractivity contribution in [3.8, 4) is 0 Å². The summed E-state index contributed by atoms with van der Waals surface area (Å²) < 4.78 is 1.09. The number of nitrogens with zero attached hydrogens (tertiary/aromatic N) is 1. The standard InChI is InChI=1S/C6H9IN2/c1-4(2)5-6(7)9-3-8-5/h3-4H,1-2H3,(H,8,9). The Hall–Kier alpha value is -0.0600. The molecule has 2 nitrogen and oxygen atoms in total. The number of nitrogens with one attached hydrogen (secondary N) is 1. The molecule has 3 heteroatoms. The summed E-state index contributed by atoms with van der Waals surface area (Å²) in [6.07, 6.45) is 1.73. The molecule has 0 aliphatic heterocycles. The molecular formula is C6H9IN2. The van der Waals surface area contributed by atoms with Gasteiger partial charge in [-0.25, -0.2) is 4.98 Å². The van der Waals surface area contributed by atoms with E-state index in [-0.39, 0.29) is 0 Å². The van der Waals surface area contributed by atoms with Crippen molar-refractivity contribution in [3.05, 3.63) is 15.7 Å². The highest BCUT2D eigenvalue weighted by Gasteiger charge is 2.04. The number of rotatable bonds is 1. The minimum atomic E-state index is 0.555. The Morgan fingerprint density at radius 1 is 1.67 bits per heavy atom. The first-order valence-corrected chi connectivity index (χ1v) is 3.98. The predicted octanol–water partition coefficient (Wildman–Crippen LogP) is 2.14. The Balaban J connectivity index is 2.94. The third-order valence-corrected chi connectivity index (χ3v) is 2.06. The maximum atomic E-state index is 4.07.